The number of hydrogen-bond acceptors (Lipinski definition) is 5. The zero-order valence-corrected chi connectivity index (χ0v) is 16.2. The van der Waals surface area contributed by atoms with Crippen molar-refractivity contribution in [3.05, 3.63) is 35.9 Å². The monoisotopic (exact) mass is 404 g/mol. The van der Waals surface area contributed by atoms with Crippen molar-refractivity contribution in [1.82, 2.24) is 16.0 Å². The summed E-state index contributed by atoms with van der Waals surface area (Å²) in [5, 5.41) is 17.1. The second-order valence-corrected chi connectivity index (χ2v) is 7.09. The minimum Gasteiger partial charge on any atom is -0.480 e. The number of hydrogen-bond donors (Lipinski definition) is 5. The van der Waals surface area contributed by atoms with E-state index in [2.05, 4.69) is 16.0 Å². The quantitative estimate of drug-likeness (QED) is 0.319. The van der Waals surface area contributed by atoms with E-state index in [-0.39, 0.29) is 25.2 Å². The second kappa shape index (κ2) is 11.2. The van der Waals surface area contributed by atoms with Crippen LogP contribution in [0.2, 0.25) is 0 Å². The molecular formula is C20H28N4O5. The molecule has 0 saturated carbocycles. The van der Waals surface area contributed by atoms with Crippen molar-refractivity contribution >= 4 is 23.7 Å². The first-order valence-electron chi connectivity index (χ1n) is 9.77. The molecule has 1 heterocycles. The summed E-state index contributed by atoms with van der Waals surface area (Å²) >= 11 is 0. The molecule has 2 rings (SSSR count). The molecule has 0 aromatic heterocycles. The molecule has 1 aliphatic heterocycles. The standard InChI is InChI=1S/C20H28N4O5/c21-11-5-4-8-15(20(28)29)23-19(27)16(12-13-6-2-1-3-7-13)24-18(26)14-9-10-17(25)22-14/h1-3,6-7,14-16H,4-5,8-12,21H2,(H,22,25)(H,23,27)(H,24,26)(H,28,29). The largest absolute Gasteiger partial charge is 0.480 e. The van der Waals surface area contributed by atoms with Crippen LogP contribution >= 0.6 is 0 Å². The van der Waals surface area contributed by atoms with Crippen molar-refractivity contribution in [3.63, 3.8) is 0 Å². The van der Waals surface area contributed by atoms with E-state index in [0.717, 1.165) is 5.56 Å². The molecule has 1 saturated heterocycles. The first kappa shape index (κ1) is 22.4. The summed E-state index contributed by atoms with van der Waals surface area (Å²) in [7, 11) is 0. The van der Waals surface area contributed by atoms with Crippen LogP contribution in [-0.2, 0) is 25.6 Å². The summed E-state index contributed by atoms with van der Waals surface area (Å²) in [5.74, 6) is -2.38. The summed E-state index contributed by atoms with van der Waals surface area (Å²) in [6, 6.07) is 6.40. The molecular weight excluding hydrogens is 376 g/mol. The Hall–Kier alpha value is -2.94. The third-order valence-corrected chi connectivity index (χ3v) is 4.79. The molecule has 1 aliphatic rings. The Labute approximate surface area is 169 Å². The van der Waals surface area contributed by atoms with E-state index in [1.54, 1.807) is 0 Å². The molecule has 0 aliphatic carbocycles. The molecule has 0 radical (unpaired) electrons. The number of unbranched alkanes of at least 4 members (excludes halogenated alkanes) is 1. The lowest BCUT2D eigenvalue weighted by Gasteiger charge is -2.23. The van der Waals surface area contributed by atoms with Gasteiger partial charge in [-0.15, -0.1) is 0 Å². The fraction of sp³-hybridized carbons (Fsp3) is 0.500. The number of nitrogens with one attached hydrogen (secondary N) is 3. The van der Waals surface area contributed by atoms with Crippen LogP contribution in [0.4, 0.5) is 0 Å². The van der Waals surface area contributed by atoms with Gasteiger partial charge in [0, 0.05) is 12.8 Å². The minimum atomic E-state index is -1.14. The highest BCUT2D eigenvalue weighted by atomic mass is 16.4. The second-order valence-electron chi connectivity index (χ2n) is 7.09. The van der Waals surface area contributed by atoms with Crippen LogP contribution in [0.3, 0.4) is 0 Å². The summed E-state index contributed by atoms with van der Waals surface area (Å²) in [6.07, 6.45) is 2.30. The maximum Gasteiger partial charge on any atom is 0.326 e. The fourth-order valence-corrected chi connectivity index (χ4v) is 3.16. The van der Waals surface area contributed by atoms with Crippen LogP contribution in [0.5, 0.6) is 0 Å². The Morgan fingerprint density at radius 3 is 2.45 bits per heavy atom. The van der Waals surface area contributed by atoms with Crippen LogP contribution < -0.4 is 21.7 Å². The number of carbonyl (C=O) groups is 4. The average Bonchev–Trinajstić information content (AvgIpc) is 3.14. The van der Waals surface area contributed by atoms with Gasteiger partial charge in [-0.2, -0.15) is 0 Å². The molecule has 1 fully saturated rings. The van der Waals surface area contributed by atoms with E-state index in [9.17, 15) is 24.3 Å². The van der Waals surface area contributed by atoms with Gasteiger partial charge in [-0.25, -0.2) is 4.79 Å². The Morgan fingerprint density at radius 2 is 1.86 bits per heavy atom. The Morgan fingerprint density at radius 1 is 1.14 bits per heavy atom. The van der Waals surface area contributed by atoms with Crippen LogP contribution in [-0.4, -0.2) is 53.5 Å². The van der Waals surface area contributed by atoms with Gasteiger partial charge in [0.05, 0.1) is 0 Å². The normalized spacial score (nSPS) is 17.8. The van der Waals surface area contributed by atoms with Crippen molar-refractivity contribution < 1.29 is 24.3 Å². The molecule has 3 amide bonds. The molecule has 0 spiro atoms. The van der Waals surface area contributed by atoms with Crippen molar-refractivity contribution in [2.45, 2.75) is 56.7 Å². The van der Waals surface area contributed by atoms with Crippen molar-refractivity contribution in [2.75, 3.05) is 6.54 Å². The van der Waals surface area contributed by atoms with Crippen LogP contribution in [0.1, 0.15) is 37.7 Å². The third kappa shape index (κ3) is 7.19. The summed E-state index contributed by atoms with van der Waals surface area (Å²) in [6.45, 7) is 0.445. The minimum absolute atomic E-state index is 0.203. The third-order valence-electron chi connectivity index (χ3n) is 4.79. The van der Waals surface area contributed by atoms with E-state index < -0.39 is 35.9 Å². The van der Waals surface area contributed by atoms with Gasteiger partial charge in [0.1, 0.15) is 18.1 Å². The molecule has 0 bridgehead atoms. The van der Waals surface area contributed by atoms with Gasteiger partial charge in [-0.05, 0) is 37.8 Å². The van der Waals surface area contributed by atoms with Crippen LogP contribution in [0.15, 0.2) is 30.3 Å². The number of amides is 3. The van der Waals surface area contributed by atoms with Crippen molar-refractivity contribution in [1.29, 1.82) is 0 Å². The first-order valence-corrected chi connectivity index (χ1v) is 9.77. The Kier molecular flexibility index (Phi) is 8.60. The van der Waals surface area contributed by atoms with Gasteiger partial charge in [0.15, 0.2) is 0 Å². The van der Waals surface area contributed by atoms with Gasteiger partial charge in [-0.1, -0.05) is 30.3 Å². The Balaban J connectivity index is 2.07. The van der Waals surface area contributed by atoms with Crippen LogP contribution in [0, 0.1) is 0 Å². The molecule has 3 unspecified atom stereocenters. The van der Waals surface area contributed by atoms with Crippen LogP contribution in [0.25, 0.3) is 0 Å². The molecule has 29 heavy (non-hydrogen) atoms. The fourth-order valence-electron chi connectivity index (χ4n) is 3.16. The molecule has 3 atom stereocenters. The lowest BCUT2D eigenvalue weighted by molar-refractivity contribution is -0.142. The number of rotatable bonds is 11. The lowest BCUT2D eigenvalue weighted by Crippen LogP contribution is -2.55. The molecule has 6 N–H and O–H groups in total. The van der Waals surface area contributed by atoms with Gasteiger partial charge in [0.2, 0.25) is 17.7 Å². The van der Waals surface area contributed by atoms with Gasteiger partial charge >= 0.3 is 5.97 Å². The molecule has 1 aromatic rings. The maximum absolute atomic E-state index is 12.8. The van der Waals surface area contributed by atoms with Gasteiger partial charge in [0.25, 0.3) is 0 Å². The molecule has 9 heteroatoms. The van der Waals surface area contributed by atoms with E-state index in [1.165, 1.54) is 0 Å². The van der Waals surface area contributed by atoms with Gasteiger partial charge < -0.3 is 26.8 Å². The topological polar surface area (TPSA) is 151 Å². The smallest absolute Gasteiger partial charge is 0.326 e. The molecule has 158 valence electrons. The molecule has 9 nitrogen and oxygen atoms in total. The van der Waals surface area contributed by atoms with Crippen molar-refractivity contribution in [2.24, 2.45) is 5.73 Å². The maximum atomic E-state index is 12.8. The highest BCUT2D eigenvalue weighted by molar-refractivity contribution is 5.95. The number of carbonyl (C=O) groups excluding carboxylic acids is 3. The zero-order chi connectivity index (χ0) is 21.2. The SMILES string of the molecule is NCCCCC(NC(=O)C(Cc1ccccc1)NC(=O)C1CCC(=O)N1)C(=O)O. The van der Waals surface area contributed by atoms with Gasteiger partial charge in [-0.3, -0.25) is 14.4 Å². The number of aliphatic carboxylic acids is 1. The van der Waals surface area contributed by atoms with E-state index in [4.69, 9.17) is 5.73 Å². The van der Waals surface area contributed by atoms with Crippen molar-refractivity contribution in [3.8, 4) is 0 Å². The number of carboxylic acid groups (broad SMARTS) is 1. The molecule has 1 aromatic carbocycles. The number of carboxylic acids is 1. The predicted molar refractivity (Wildman–Crippen MR) is 106 cm³/mol. The highest BCUT2D eigenvalue weighted by Gasteiger charge is 2.32. The van der Waals surface area contributed by atoms with E-state index >= 15 is 0 Å². The summed E-state index contributed by atoms with van der Waals surface area (Å²) < 4.78 is 0. The van der Waals surface area contributed by atoms with E-state index in [1.807, 2.05) is 30.3 Å². The number of nitrogens with two attached hydrogens (primary N) is 1. The highest BCUT2D eigenvalue weighted by Crippen LogP contribution is 2.09. The van der Waals surface area contributed by atoms with E-state index in [0.29, 0.717) is 25.8 Å². The number of benzene rings is 1. The summed E-state index contributed by atoms with van der Waals surface area (Å²) in [5.41, 5.74) is 6.26. The Bertz CT molecular complexity index is 725. The first-order chi connectivity index (χ1) is 13.9. The average molecular weight is 404 g/mol. The zero-order valence-electron chi connectivity index (χ0n) is 16.2. The predicted octanol–water partition coefficient (Wildman–Crippen LogP) is -0.309. The lowest BCUT2D eigenvalue weighted by atomic mass is 10.0. The summed E-state index contributed by atoms with van der Waals surface area (Å²) in [4.78, 5) is 48.2.